The molecule has 0 saturated heterocycles. The van der Waals surface area contributed by atoms with E-state index < -0.39 is 0 Å². The first-order chi connectivity index (χ1) is 7.79. The van der Waals surface area contributed by atoms with E-state index in [1.54, 1.807) is 0 Å². The highest BCUT2D eigenvalue weighted by molar-refractivity contribution is 9.10. The first-order valence-electron chi connectivity index (χ1n) is 5.12. The quantitative estimate of drug-likeness (QED) is 0.937. The van der Waals surface area contributed by atoms with Crippen molar-refractivity contribution in [3.8, 4) is 11.3 Å². The number of aliphatic hydroxyl groups is 1. The van der Waals surface area contributed by atoms with Crippen LogP contribution >= 0.6 is 15.9 Å². The van der Waals surface area contributed by atoms with Crippen LogP contribution in [0.5, 0.6) is 0 Å². The first-order valence-corrected chi connectivity index (χ1v) is 5.91. The zero-order valence-electron chi connectivity index (χ0n) is 8.69. The Morgan fingerprint density at radius 2 is 2.00 bits per heavy atom. The molecule has 4 heteroatoms. The van der Waals surface area contributed by atoms with Crippen molar-refractivity contribution in [2.75, 3.05) is 6.61 Å². The van der Waals surface area contributed by atoms with Gasteiger partial charge in [-0.1, -0.05) is 33.2 Å². The van der Waals surface area contributed by atoms with Crippen molar-refractivity contribution >= 4 is 15.9 Å². The average Bonchev–Trinajstić information content (AvgIpc) is 2.76. The van der Waals surface area contributed by atoms with E-state index in [1.807, 2.05) is 30.3 Å². The van der Waals surface area contributed by atoms with Gasteiger partial charge in [0, 0.05) is 22.7 Å². The maximum atomic E-state index is 8.72. The highest BCUT2D eigenvalue weighted by atomic mass is 79.9. The van der Waals surface area contributed by atoms with Gasteiger partial charge >= 0.3 is 0 Å². The number of rotatable bonds is 4. The van der Waals surface area contributed by atoms with Crippen LogP contribution in [0.4, 0.5) is 0 Å². The molecule has 16 heavy (non-hydrogen) atoms. The number of benzene rings is 1. The molecule has 0 bridgehead atoms. The van der Waals surface area contributed by atoms with E-state index in [0.29, 0.717) is 6.42 Å². The van der Waals surface area contributed by atoms with E-state index in [0.717, 1.165) is 27.9 Å². The number of nitrogens with zero attached hydrogens (tertiary/aromatic N) is 1. The third-order valence-corrected chi connectivity index (χ3v) is 2.81. The van der Waals surface area contributed by atoms with Crippen LogP contribution in [0.2, 0.25) is 0 Å². The Balaban J connectivity index is 2.15. The van der Waals surface area contributed by atoms with Gasteiger partial charge in [-0.15, -0.1) is 0 Å². The Hall–Kier alpha value is -1.13. The van der Waals surface area contributed by atoms with Gasteiger partial charge in [0.1, 0.15) is 0 Å². The molecule has 0 saturated carbocycles. The van der Waals surface area contributed by atoms with Crippen LogP contribution in [0, 0.1) is 0 Å². The Bertz CT molecular complexity index is 450. The third-order valence-electron chi connectivity index (χ3n) is 2.28. The summed E-state index contributed by atoms with van der Waals surface area (Å²) in [5, 5.41) is 12.7. The molecular formula is C12H12BrNO2. The number of aryl methyl sites for hydroxylation is 1. The van der Waals surface area contributed by atoms with E-state index in [-0.39, 0.29) is 6.61 Å². The lowest BCUT2D eigenvalue weighted by molar-refractivity contribution is 0.287. The van der Waals surface area contributed by atoms with Crippen LogP contribution in [0.15, 0.2) is 39.3 Å². The summed E-state index contributed by atoms with van der Waals surface area (Å²) in [6.45, 7) is 0.181. The molecule has 1 N–H and O–H groups in total. The normalized spacial score (nSPS) is 10.6. The van der Waals surface area contributed by atoms with Crippen LogP contribution in [-0.2, 0) is 6.42 Å². The summed E-state index contributed by atoms with van der Waals surface area (Å²) in [4.78, 5) is 0. The van der Waals surface area contributed by atoms with Gasteiger partial charge in [-0.3, -0.25) is 0 Å². The van der Waals surface area contributed by atoms with Crippen molar-refractivity contribution < 1.29 is 9.63 Å². The van der Waals surface area contributed by atoms with E-state index in [2.05, 4.69) is 21.1 Å². The Morgan fingerprint density at radius 1 is 1.25 bits per heavy atom. The second-order valence-electron chi connectivity index (χ2n) is 3.52. The Labute approximate surface area is 102 Å². The molecule has 2 aromatic rings. The van der Waals surface area contributed by atoms with E-state index in [4.69, 9.17) is 9.63 Å². The second-order valence-corrected chi connectivity index (χ2v) is 4.43. The molecule has 0 aliphatic carbocycles. The number of aromatic nitrogens is 1. The molecule has 1 aromatic heterocycles. The molecular weight excluding hydrogens is 270 g/mol. The van der Waals surface area contributed by atoms with Gasteiger partial charge in [0.25, 0.3) is 0 Å². The minimum absolute atomic E-state index is 0.181. The molecule has 0 radical (unpaired) electrons. The van der Waals surface area contributed by atoms with Crippen LogP contribution in [0.1, 0.15) is 12.1 Å². The maximum absolute atomic E-state index is 8.72. The summed E-state index contributed by atoms with van der Waals surface area (Å²) < 4.78 is 6.28. The van der Waals surface area contributed by atoms with E-state index in [1.165, 1.54) is 0 Å². The van der Waals surface area contributed by atoms with Crippen LogP contribution in [-0.4, -0.2) is 16.9 Å². The van der Waals surface area contributed by atoms with Gasteiger partial charge < -0.3 is 9.63 Å². The number of hydrogen-bond acceptors (Lipinski definition) is 3. The Morgan fingerprint density at radius 3 is 2.69 bits per heavy atom. The van der Waals surface area contributed by atoms with Crippen LogP contribution in [0.3, 0.4) is 0 Å². The van der Waals surface area contributed by atoms with Gasteiger partial charge in [0.15, 0.2) is 5.76 Å². The maximum Gasteiger partial charge on any atom is 0.167 e. The average molecular weight is 282 g/mol. The topological polar surface area (TPSA) is 46.3 Å². The lowest BCUT2D eigenvalue weighted by Gasteiger charge is -1.94. The SMILES string of the molecule is OCCCc1cc(-c2ccc(Br)cc2)on1. The van der Waals surface area contributed by atoms with Crippen molar-refractivity contribution in [2.45, 2.75) is 12.8 Å². The third kappa shape index (κ3) is 2.71. The van der Waals surface area contributed by atoms with Crippen molar-refractivity contribution in [1.29, 1.82) is 0 Å². The van der Waals surface area contributed by atoms with E-state index in [9.17, 15) is 0 Å². The molecule has 0 aliphatic heterocycles. The fourth-order valence-corrected chi connectivity index (χ4v) is 1.70. The molecule has 0 atom stereocenters. The monoisotopic (exact) mass is 281 g/mol. The highest BCUT2D eigenvalue weighted by Crippen LogP contribution is 2.22. The molecule has 3 nitrogen and oxygen atoms in total. The summed E-state index contributed by atoms with van der Waals surface area (Å²) in [5.41, 5.74) is 1.89. The van der Waals surface area contributed by atoms with E-state index >= 15 is 0 Å². The molecule has 1 heterocycles. The minimum atomic E-state index is 0.181. The fourth-order valence-electron chi connectivity index (χ4n) is 1.44. The molecule has 0 fully saturated rings. The lowest BCUT2D eigenvalue weighted by atomic mass is 10.1. The highest BCUT2D eigenvalue weighted by Gasteiger charge is 2.06. The molecule has 0 spiro atoms. The number of halogens is 1. The largest absolute Gasteiger partial charge is 0.396 e. The van der Waals surface area contributed by atoms with Gasteiger partial charge in [-0.2, -0.15) is 0 Å². The summed E-state index contributed by atoms with van der Waals surface area (Å²) >= 11 is 3.38. The van der Waals surface area contributed by atoms with Crippen molar-refractivity contribution in [3.63, 3.8) is 0 Å². The molecule has 0 amide bonds. The Kier molecular flexibility index (Phi) is 3.74. The van der Waals surface area contributed by atoms with Gasteiger partial charge in [-0.05, 0) is 25.0 Å². The minimum Gasteiger partial charge on any atom is -0.396 e. The summed E-state index contributed by atoms with van der Waals surface area (Å²) in [5.74, 6) is 0.764. The predicted octanol–water partition coefficient (Wildman–Crippen LogP) is 3.03. The predicted molar refractivity (Wildman–Crippen MR) is 65.0 cm³/mol. The van der Waals surface area contributed by atoms with Crippen LogP contribution in [0.25, 0.3) is 11.3 Å². The standard InChI is InChI=1S/C12H12BrNO2/c13-10-5-3-9(4-6-10)12-8-11(14-16-12)2-1-7-15/h3-6,8,15H,1-2,7H2. The summed E-state index contributed by atoms with van der Waals surface area (Å²) in [6.07, 6.45) is 1.46. The van der Waals surface area contributed by atoms with Crippen molar-refractivity contribution in [1.82, 2.24) is 5.16 Å². The fraction of sp³-hybridized carbons (Fsp3) is 0.250. The molecule has 0 aliphatic rings. The first kappa shape index (κ1) is 11.4. The zero-order chi connectivity index (χ0) is 11.4. The molecule has 1 aromatic carbocycles. The van der Waals surface area contributed by atoms with Gasteiger partial charge in [-0.25, -0.2) is 0 Å². The van der Waals surface area contributed by atoms with Crippen molar-refractivity contribution in [3.05, 3.63) is 40.5 Å². The number of aliphatic hydroxyl groups excluding tert-OH is 1. The zero-order valence-corrected chi connectivity index (χ0v) is 10.3. The second kappa shape index (κ2) is 5.27. The van der Waals surface area contributed by atoms with Crippen LogP contribution < -0.4 is 0 Å². The smallest absolute Gasteiger partial charge is 0.167 e. The summed E-state index contributed by atoms with van der Waals surface area (Å²) in [7, 11) is 0. The molecule has 84 valence electrons. The molecule has 2 rings (SSSR count). The molecule has 0 unspecified atom stereocenters. The van der Waals surface area contributed by atoms with Gasteiger partial charge in [0.2, 0.25) is 0 Å². The number of hydrogen-bond donors (Lipinski definition) is 1. The lowest BCUT2D eigenvalue weighted by Crippen LogP contribution is -1.88. The van der Waals surface area contributed by atoms with Gasteiger partial charge in [0.05, 0.1) is 5.69 Å². The summed E-state index contributed by atoms with van der Waals surface area (Å²) in [6, 6.07) is 9.79. The van der Waals surface area contributed by atoms with Crippen molar-refractivity contribution in [2.24, 2.45) is 0 Å².